The summed E-state index contributed by atoms with van der Waals surface area (Å²) in [4.78, 5) is 9.54. The number of aromatic nitrogens is 1. The molecule has 2 fully saturated rings. The van der Waals surface area contributed by atoms with E-state index in [2.05, 4.69) is 26.9 Å². The molecule has 0 bridgehead atoms. The second-order valence-corrected chi connectivity index (χ2v) is 5.83. The lowest BCUT2D eigenvalue weighted by Gasteiger charge is -2.36. The van der Waals surface area contributed by atoms with Crippen molar-refractivity contribution in [2.75, 3.05) is 36.8 Å². The van der Waals surface area contributed by atoms with Gasteiger partial charge in [-0.25, -0.2) is 0 Å². The highest BCUT2D eigenvalue weighted by molar-refractivity contribution is 5.98. The van der Waals surface area contributed by atoms with Gasteiger partial charge >= 0.3 is 0 Å². The van der Waals surface area contributed by atoms with E-state index in [1.165, 1.54) is 37.0 Å². The number of hydrogen-bond acceptors (Lipinski definition) is 4. The molecular formula is C16H20N4. The number of piperazine rings is 1. The Morgan fingerprint density at radius 2 is 1.85 bits per heavy atom. The van der Waals surface area contributed by atoms with Gasteiger partial charge in [0.05, 0.1) is 11.2 Å². The first-order valence-electron chi connectivity index (χ1n) is 7.45. The lowest BCUT2D eigenvalue weighted by atomic mass is 10.1. The molecular weight excluding hydrogens is 248 g/mol. The first kappa shape index (κ1) is 12.0. The lowest BCUT2D eigenvalue weighted by molar-refractivity contribution is 0.248. The summed E-state index contributed by atoms with van der Waals surface area (Å²) >= 11 is 0. The smallest absolute Gasteiger partial charge is 0.0951 e. The molecule has 1 aliphatic heterocycles. The Kier molecular flexibility index (Phi) is 2.77. The fourth-order valence-corrected chi connectivity index (χ4v) is 3.22. The van der Waals surface area contributed by atoms with Gasteiger partial charge in [0.1, 0.15) is 0 Å². The SMILES string of the molecule is Nc1ccc(N2CCN(C3CC3)CC2)c2cccnc12. The molecule has 2 heterocycles. The van der Waals surface area contributed by atoms with Crippen molar-refractivity contribution in [2.45, 2.75) is 18.9 Å². The van der Waals surface area contributed by atoms with Gasteiger partial charge in [0.25, 0.3) is 0 Å². The first-order chi connectivity index (χ1) is 9.83. The van der Waals surface area contributed by atoms with Gasteiger partial charge in [0.15, 0.2) is 0 Å². The van der Waals surface area contributed by atoms with Crippen LogP contribution in [0, 0.1) is 0 Å². The molecule has 4 nitrogen and oxygen atoms in total. The molecule has 1 aliphatic carbocycles. The maximum atomic E-state index is 6.04. The van der Waals surface area contributed by atoms with Gasteiger partial charge in [-0.05, 0) is 37.1 Å². The predicted octanol–water partition coefficient (Wildman–Crippen LogP) is 2.10. The number of nitrogens with zero attached hydrogens (tertiary/aromatic N) is 3. The second-order valence-electron chi connectivity index (χ2n) is 5.83. The summed E-state index contributed by atoms with van der Waals surface area (Å²) in [5.74, 6) is 0. The van der Waals surface area contributed by atoms with Crippen LogP contribution in [0.1, 0.15) is 12.8 Å². The second kappa shape index (κ2) is 4.63. The van der Waals surface area contributed by atoms with Crippen LogP contribution < -0.4 is 10.6 Å². The molecule has 0 radical (unpaired) electrons. The average molecular weight is 268 g/mol. The van der Waals surface area contributed by atoms with Crippen LogP contribution in [0.3, 0.4) is 0 Å². The molecule has 2 N–H and O–H groups in total. The number of rotatable bonds is 2. The number of benzene rings is 1. The van der Waals surface area contributed by atoms with Crippen molar-refractivity contribution in [2.24, 2.45) is 0 Å². The molecule has 0 atom stereocenters. The fourth-order valence-electron chi connectivity index (χ4n) is 3.22. The number of pyridine rings is 1. The van der Waals surface area contributed by atoms with Gasteiger partial charge in [-0.2, -0.15) is 0 Å². The van der Waals surface area contributed by atoms with E-state index >= 15 is 0 Å². The highest BCUT2D eigenvalue weighted by Gasteiger charge is 2.31. The van der Waals surface area contributed by atoms with Crippen molar-refractivity contribution in [3.05, 3.63) is 30.5 Å². The van der Waals surface area contributed by atoms with E-state index in [0.717, 1.165) is 30.3 Å². The van der Waals surface area contributed by atoms with Crippen molar-refractivity contribution in [1.29, 1.82) is 0 Å². The van der Waals surface area contributed by atoms with Gasteiger partial charge in [-0.15, -0.1) is 0 Å². The third kappa shape index (κ3) is 2.00. The summed E-state index contributed by atoms with van der Waals surface area (Å²) in [5, 5.41) is 1.17. The molecule has 1 aromatic heterocycles. The van der Waals surface area contributed by atoms with Crippen LogP contribution in [0.4, 0.5) is 11.4 Å². The van der Waals surface area contributed by atoms with Crippen LogP contribution in [0.2, 0.25) is 0 Å². The zero-order valence-electron chi connectivity index (χ0n) is 11.6. The van der Waals surface area contributed by atoms with Crippen molar-refractivity contribution in [3.63, 3.8) is 0 Å². The molecule has 20 heavy (non-hydrogen) atoms. The van der Waals surface area contributed by atoms with E-state index in [9.17, 15) is 0 Å². The zero-order chi connectivity index (χ0) is 13.5. The quantitative estimate of drug-likeness (QED) is 0.847. The van der Waals surface area contributed by atoms with E-state index in [1.807, 2.05) is 18.3 Å². The Morgan fingerprint density at radius 3 is 2.60 bits per heavy atom. The Balaban J connectivity index is 1.64. The number of anilines is 2. The molecule has 1 saturated heterocycles. The monoisotopic (exact) mass is 268 g/mol. The number of fused-ring (bicyclic) bond motifs is 1. The summed E-state index contributed by atoms with van der Waals surface area (Å²) in [7, 11) is 0. The molecule has 1 aromatic carbocycles. The molecule has 1 saturated carbocycles. The van der Waals surface area contributed by atoms with Gasteiger partial charge in [-0.1, -0.05) is 0 Å². The number of nitrogens with two attached hydrogens (primary N) is 1. The average Bonchev–Trinajstić information content (AvgIpc) is 3.33. The Labute approximate surface area is 119 Å². The van der Waals surface area contributed by atoms with Crippen LogP contribution in [-0.2, 0) is 0 Å². The zero-order valence-corrected chi connectivity index (χ0v) is 11.6. The number of hydrogen-bond donors (Lipinski definition) is 1. The van der Waals surface area contributed by atoms with Crippen molar-refractivity contribution in [3.8, 4) is 0 Å². The summed E-state index contributed by atoms with van der Waals surface area (Å²) in [6.07, 6.45) is 4.61. The summed E-state index contributed by atoms with van der Waals surface area (Å²) in [6.45, 7) is 4.56. The van der Waals surface area contributed by atoms with Crippen LogP contribution in [-0.4, -0.2) is 42.1 Å². The van der Waals surface area contributed by atoms with Crippen LogP contribution in [0.15, 0.2) is 30.5 Å². The molecule has 0 amide bonds. The molecule has 104 valence electrons. The summed E-state index contributed by atoms with van der Waals surface area (Å²) in [6, 6.07) is 9.12. The molecule has 0 spiro atoms. The van der Waals surface area contributed by atoms with Gasteiger partial charge in [0, 0.05) is 49.5 Å². The molecule has 0 unspecified atom stereocenters. The van der Waals surface area contributed by atoms with Crippen molar-refractivity contribution < 1.29 is 0 Å². The third-order valence-corrected chi connectivity index (χ3v) is 4.50. The molecule has 2 aromatic rings. The standard InChI is InChI=1S/C16H20N4/c17-14-5-6-15(13-2-1-7-18-16(13)14)20-10-8-19(9-11-20)12-3-4-12/h1-2,5-7,12H,3-4,8-11,17H2. The van der Waals surface area contributed by atoms with E-state index in [1.54, 1.807) is 0 Å². The number of nitrogen functional groups attached to an aromatic ring is 1. The Morgan fingerprint density at radius 1 is 1.05 bits per heavy atom. The van der Waals surface area contributed by atoms with Gasteiger partial charge in [-0.3, -0.25) is 9.88 Å². The van der Waals surface area contributed by atoms with Gasteiger partial charge < -0.3 is 10.6 Å². The normalized spacial score (nSPS) is 20.5. The predicted molar refractivity (Wildman–Crippen MR) is 83.0 cm³/mol. The van der Waals surface area contributed by atoms with E-state index in [0.29, 0.717) is 0 Å². The molecule has 4 rings (SSSR count). The summed E-state index contributed by atoms with van der Waals surface area (Å²) < 4.78 is 0. The fraction of sp³-hybridized carbons (Fsp3) is 0.438. The topological polar surface area (TPSA) is 45.4 Å². The van der Waals surface area contributed by atoms with Gasteiger partial charge in [0.2, 0.25) is 0 Å². The molecule has 4 heteroatoms. The highest BCUT2D eigenvalue weighted by atomic mass is 15.3. The van der Waals surface area contributed by atoms with E-state index in [4.69, 9.17) is 5.73 Å². The lowest BCUT2D eigenvalue weighted by Crippen LogP contribution is -2.47. The minimum absolute atomic E-state index is 0.765. The minimum atomic E-state index is 0.765. The van der Waals surface area contributed by atoms with E-state index in [-0.39, 0.29) is 0 Å². The Bertz CT molecular complexity index is 627. The molecule has 2 aliphatic rings. The third-order valence-electron chi connectivity index (χ3n) is 4.50. The maximum absolute atomic E-state index is 6.04. The Hall–Kier alpha value is -1.81. The summed E-state index contributed by atoms with van der Waals surface area (Å²) in [5.41, 5.74) is 9.00. The van der Waals surface area contributed by atoms with Crippen LogP contribution in [0.5, 0.6) is 0 Å². The van der Waals surface area contributed by atoms with Crippen LogP contribution in [0.25, 0.3) is 10.9 Å². The largest absolute Gasteiger partial charge is 0.397 e. The first-order valence-corrected chi connectivity index (χ1v) is 7.45. The highest BCUT2D eigenvalue weighted by Crippen LogP contribution is 2.32. The van der Waals surface area contributed by atoms with Crippen molar-refractivity contribution >= 4 is 22.3 Å². The minimum Gasteiger partial charge on any atom is -0.397 e. The van der Waals surface area contributed by atoms with Crippen LogP contribution >= 0.6 is 0 Å². The van der Waals surface area contributed by atoms with Crippen molar-refractivity contribution in [1.82, 2.24) is 9.88 Å². The van der Waals surface area contributed by atoms with E-state index < -0.39 is 0 Å². The maximum Gasteiger partial charge on any atom is 0.0951 e.